The number of allylic oxidation sites excluding steroid dienone is 6. The molecule has 352 valence electrons. The second kappa shape index (κ2) is 21.7. The van der Waals surface area contributed by atoms with E-state index in [1.165, 1.54) is 11.8 Å². The average Bonchev–Trinajstić information content (AvgIpc) is 3.61. The molecule has 17 heteroatoms. The van der Waals surface area contributed by atoms with Crippen molar-refractivity contribution in [3.63, 3.8) is 0 Å². The van der Waals surface area contributed by atoms with Crippen LogP contribution in [0.15, 0.2) is 146 Å². The zero-order valence-corrected chi connectivity index (χ0v) is 39.5. The van der Waals surface area contributed by atoms with Crippen molar-refractivity contribution in [2.75, 3.05) is 34.8 Å². The summed E-state index contributed by atoms with van der Waals surface area (Å²) in [6.07, 6.45) is 14.5. The summed E-state index contributed by atoms with van der Waals surface area (Å²) in [5, 5.41) is 22.6. The maximum atomic E-state index is 12.1. The molecule has 2 aliphatic rings. The van der Waals surface area contributed by atoms with E-state index in [2.05, 4.69) is 5.32 Å². The van der Waals surface area contributed by atoms with Crippen molar-refractivity contribution in [1.29, 1.82) is 0 Å². The number of carboxylic acid groups (broad SMARTS) is 2. The number of amides is 1. The van der Waals surface area contributed by atoms with Gasteiger partial charge in [-0.3, -0.25) is 9.69 Å². The molecule has 0 aromatic heterocycles. The minimum Gasteiger partial charge on any atom is -0.748 e. The van der Waals surface area contributed by atoms with Gasteiger partial charge in [-0.05, 0) is 76.2 Å². The highest BCUT2D eigenvalue weighted by atomic mass is 32.2. The van der Waals surface area contributed by atoms with Crippen molar-refractivity contribution in [3.05, 3.63) is 168 Å². The summed E-state index contributed by atoms with van der Waals surface area (Å²) in [6.45, 7) is 9.66. The first kappa shape index (κ1) is 51.2. The third-order valence-corrected chi connectivity index (χ3v) is 12.8. The number of fused-ring (bicyclic) bond motifs is 2. The van der Waals surface area contributed by atoms with Crippen LogP contribution in [0.5, 0.6) is 0 Å². The van der Waals surface area contributed by atoms with Crippen LogP contribution >= 0.6 is 0 Å². The molecule has 0 radical (unpaired) electrons. The van der Waals surface area contributed by atoms with Gasteiger partial charge < -0.3 is 24.6 Å². The lowest BCUT2D eigenvalue weighted by Crippen LogP contribution is -2.29. The molecule has 0 aliphatic carbocycles. The molecule has 6 rings (SSSR count). The van der Waals surface area contributed by atoms with Crippen LogP contribution < -0.4 is 10.2 Å². The van der Waals surface area contributed by atoms with E-state index in [1.807, 2.05) is 128 Å². The molecule has 0 unspecified atom stereocenters. The minimum atomic E-state index is -4.37. The van der Waals surface area contributed by atoms with Crippen LogP contribution in [0.25, 0.3) is 0 Å². The average molecular weight is 951 g/mol. The maximum Gasteiger partial charge on any atom is 0.336 e. The molecule has 15 nitrogen and oxygen atoms in total. The zero-order chi connectivity index (χ0) is 49.2. The standard InChI is InChI=1S/C26H28N2O6S.C24H26N2O5S/c1-19(29)27(20-11-5-4-6-12-20)16-8-7-15-23-26(2,3)24-21(25(30)31)13-9-14-22(24)28(23)17-10-18-35(32,33)34;1-24(2)21(14-6-7-15-25-18-10-4-3-5-11-18)26(16-9-17-32(29,30)31)20-13-8-12-19(22(20)24)23(27)28/h4-9,11-16H,10,17-18H2,1-3H3,(H-,30,31,32,33,34);3-8,10-15H,9,16-17H2,1-2H3,(H2,27,28,29,30,31). The molecular weight excluding hydrogens is 897 g/mol. The van der Waals surface area contributed by atoms with Gasteiger partial charge in [-0.1, -0.05) is 60.7 Å². The van der Waals surface area contributed by atoms with Gasteiger partial charge in [0, 0.05) is 79.3 Å². The number of nitrogens with zero attached hydrogens (tertiary/aromatic N) is 3. The Balaban J connectivity index is 0.000000252. The predicted molar refractivity (Wildman–Crippen MR) is 257 cm³/mol. The first-order valence-corrected chi connectivity index (χ1v) is 24.4. The zero-order valence-electron chi connectivity index (χ0n) is 37.8. The number of rotatable bonds is 18. The molecule has 0 bridgehead atoms. The van der Waals surface area contributed by atoms with Crippen molar-refractivity contribution in [1.82, 2.24) is 0 Å². The summed E-state index contributed by atoms with van der Waals surface area (Å²) in [5.74, 6) is -3.22. The van der Waals surface area contributed by atoms with Gasteiger partial charge in [0.2, 0.25) is 17.3 Å². The van der Waals surface area contributed by atoms with Crippen LogP contribution in [0.1, 0.15) is 79.3 Å². The van der Waals surface area contributed by atoms with Gasteiger partial charge in [0.1, 0.15) is 13.1 Å². The monoisotopic (exact) mass is 950 g/mol. The van der Waals surface area contributed by atoms with Crippen LogP contribution in [0.3, 0.4) is 0 Å². The molecular formula is C50H54N4O11S2. The summed E-state index contributed by atoms with van der Waals surface area (Å²) in [4.78, 5) is 37.4. The van der Waals surface area contributed by atoms with Crippen molar-refractivity contribution in [2.24, 2.45) is 0 Å². The van der Waals surface area contributed by atoms with Crippen LogP contribution in [-0.4, -0.2) is 99.2 Å². The fourth-order valence-corrected chi connectivity index (χ4v) is 9.36. The van der Waals surface area contributed by atoms with Gasteiger partial charge in [0.15, 0.2) is 11.4 Å². The Morgan fingerprint density at radius 3 is 1.48 bits per heavy atom. The van der Waals surface area contributed by atoms with Gasteiger partial charge in [-0.25, -0.2) is 26.4 Å². The van der Waals surface area contributed by atoms with Gasteiger partial charge in [-0.15, -0.1) is 0 Å². The quantitative estimate of drug-likeness (QED) is 0.0495. The van der Waals surface area contributed by atoms with Gasteiger partial charge in [0.05, 0.1) is 53.3 Å². The van der Waals surface area contributed by atoms with Crippen LogP contribution in [0, 0.1) is 0 Å². The van der Waals surface area contributed by atoms with Crippen molar-refractivity contribution in [2.45, 2.75) is 58.3 Å². The number of anilines is 2. The molecule has 3 N–H and O–H groups in total. The van der Waals surface area contributed by atoms with Gasteiger partial charge >= 0.3 is 11.9 Å². The molecule has 0 atom stereocenters. The molecule has 2 aliphatic heterocycles. The largest absolute Gasteiger partial charge is 0.748 e. The molecule has 4 aromatic rings. The number of benzene rings is 4. The number of aromatic carboxylic acids is 2. The first-order valence-electron chi connectivity index (χ1n) is 21.3. The summed E-state index contributed by atoms with van der Waals surface area (Å²) in [5.41, 5.74) is 4.96. The smallest absolute Gasteiger partial charge is 0.336 e. The third-order valence-electron chi connectivity index (χ3n) is 11.3. The molecule has 0 fully saturated rings. The molecule has 0 saturated carbocycles. The number of carbonyl (C=O) groups excluding carboxylic acids is 1. The predicted octanol–water partition coefficient (Wildman–Crippen LogP) is 7.70. The van der Waals surface area contributed by atoms with E-state index in [0.29, 0.717) is 22.5 Å². The molecule has 0 spiro atoms. The van der Waals surface area contributed by atoms with Crippen LogP contribution in [0.4, 0.5) is 22.7 Å². The fourth-order valence-electron chi connectivity index (χ4n) is 8.39. The lowest BCUT2D eigenvalue weighted by atomic mass is 9.79. The molecule has 2 heterocycles. The fraction of sp³-hybridized carbons (Fsp3) is 0.260. The number of carbonyl (C=O) groups is 3. The van der Waals surface area contributed by atoms with E-state index >= 15 is 0 Å². The molecule has 67 heavy (non-hydrogen) atoms. The maximum absolute atomic E-state index is 12.1. The highest BCUT2D eigenvalue weighted by Crippen LogP contribution is 2.43. The Labute approximate surface area is 391 Å². The van der Waals surface area contributed by atoms with Gasteiger partial charge in [-0.2, -0.15) is 9.15 Å². The highest BCUT2D eigenvalue weighted by molar-refractivity contribution is 7.85. The number of nitrogens with one attached hydrogen (secondary N) is 1. The Morgan fingerprint density at radius 1 is 0.627 bits per heavy atom. The van der Waals surface area contributed by atoms with Crippen LogP contribution in [0.2, 0.25) is 0 Å². The summed E-state index contributed by atoms with van der Waals surface area (Å²) in [7, 11) is -8.70. The topological polar surface area (TPSA) is 227 Å². The van der Waals surface area contributed by atoms with Crippen molar-refractivity contribution < 1.29 is 59.7 Å². The Hall–Kier alpha value is -6.79. The van der Waals surface area contributed by atoms with E-state index in [-0.39, 0.29) is 43.0 Å². The van der Waals surface area contributed by atoms with E-state index in [0.717, 1.165) is 22.8 Å². The van der Waals surface area contributed by atoms with E-state index in [4.69, 9.17) is 0 Å². The SMILES string of the molecule is CC(=O)N(/C=C/C=C/C1=[N+](CCCS(=O)(=O)[O-])c2cccc(C(=O)O)c2C1(C)C)c1ccccc1.CC1(C)C(/C=C/C=C/Nc2ccccc2)=[N+](CCCS(=O)(=O)[O-])c2cccc(C(=O)O)c21. The molecule has 1 amide bonds. The van der Waals surface area contributed by atoms with Crippen LogP contribution in [-0.2, 0) is 35.9 Å². The third kappa shape index (κ3) is 13.0. The van der Waals surface area contributed by atoms with Crippen molar-refractivity contribution >= 4 is 72.3 Å². The Morgan fingerprint density at radius 2 is 1.06 bits per heavy atom. The molecule has 4 aromatic carbocycles. The van der Waals surface area contributed by atoms with E-state index in [1.54, 1.807) is 54.9 Å². The second-order valence-corrected chi connectivity index (χ2v) is 19.8. The first-order chi connectivity index (χ1) is 31.5. The number of hydrogen-bond acceptors (Lipinski definition) is 10. The number of hydrogen-bond donors (Lipinski definition) is 3. The lowest BCUT2D eigenvalue weighted by molar-refractivity contribution is -0.437. The normalized spacial score (nSPS) is 15.3. The minimum absolute atomic E-state index is 0.0952. The van der Waals surface area contributed by atoms with Gasteiger partial charge in [0.25, 0.3) is 0 Å². The summed E-state index contributed by atoms with van der Waals surface area (Å²) < 4.78 is 70.4. The Bertz CT molecular complexity index is 2920. The lowest BCUT2D eigenvalue weighted by Gasteiger charge is -2.17. The number of carboxylic acids is 2. The Kier molecular flexibility index (Phi) is 16.6. The summed E-state index contributed by atoms with van der Waals surface area (Å²) >= 11 is 0. The summed E-state index contributed by atoms with van der Waals surface area (Å²) in [6, 6.07) is 28.9. The van der Waals surface area contributed by atoms with E-state index in [9.17, 15) is 50.5 Å². The van der Waals surface area contributed by atoms with Crippen molar-refractivity contribution in [3.8, 4) is 0 Å². The second-order valence-electron chi connectivity index (χ2n) is 16.7. The number of para-hydroxylation sites is 2. The highest BCUT2D eigenvalue weighted by Gasteiger charge is 2.48. The van der Waals surface area contributed by atoms with E-state index < -0.39 is 54.5 Å². The molecule has 0 saturated heterocycles.